The molecule has 0 atom stereocenters. The molecule has 1 aromatic heterocycles. The molecule has 0 unspecified atom stereocenters. The van der Waals surface area contributed by atoms with Gasteiger partial charge in [-0.2, -0.15) is 0 Å². The Bertz CT molecular complexity index is 1120. The molecule has 5 nitrogen and oxygen atoms in total. The number of hydrogen-bond acceptors (Lipinski definition) is 4. The van der Waals surface area contributed by atoms with E-state index in [1.54, 1.807) is 7.11 Å². The number of amides is 1. The van der Waals surface area contributed by atoms with Crippen LogP contribution < -0.4 is 10.1 Å². The van der Waals surface area contributed by atoms with Gasteiger partial charge in [0.05, 0.1) is 30.4 Å². The fourth-order valence-electron chi connectivity index (χ4n) is 3.21. The lowest BCUT2D eigenvalue weighted by Crippen LogP contribution is -2.24. The number of imidazole rings is 1. The molecular formula is C24H23N3O2S. The third kappa shape index (κ3) is 4.83. The van der Waals surface area contributed by atoms with Crippen molar-refractivity contribution in [2.24, 2.45) is 0 Å². The molecule has 4 aromatic rings. The lowest BCUT2D eigenvalue weighted by atomic mass is 10.2. The maximum atomic E-state index is 12.4. The van der Waals surface area contributed by atoms with E-state index in [9.17, 15) is 4.79 Å². The van der Waals surface area contributed by atoms with E-state index in [2.05, 4.69) is 28.1 Å². The van der Waals surface area contributed by atoms with Gasteiger partial charge in [-0.3, -0.25) is 4.79 Å². The Morgan fingerprint density at radius 2 is 1.70 bits per heavy atom. The highest BCUT2D eigenvalue weighted by Crippen LogP contribution is 2.25. The Kier molecular flexibility index (Phi) is 6.35. The lowest BCUT2D eigenvalue weighted by Gasteiger charge is -2.10. The summed E-state index contributed by atoms with van der Waals surface area (Å²) in [6.07, 6.45) is 0. The van der Waals surface area contributed by atoms with Crippen LogP contribution in [0.15, 0.2) is 84.0 Å². The summed E-state index contributed by atoms with van der Waals surface area (Å²) in [5.74, 6) is 1.10. The van der Waals surface area contributed by atoms with Crippen molar-refractivity contribution in [1.82, 2.24) is 14.9 Å². The van der Waals surface area contributed by atoms with Crippen LogP contribution in [0.2, 0.25) is 0 Å². The Morgan fingerprint density at radius 1 is 0.967 bits per heavy atom. The van der Waals surface area contributed by atoms with Crippen LogP contribution in [0.1, 0.15) is 11.1 Å². The second kappa shape index (κ2) is 9.50. The van der Waals surface area contributed by atoms with Crippen LogP contribution in [0.4, 0.5) is 0 Å². The third-order valence-corrected chi connectivity index (χ3v) is 5.76. The number of thioether (sulfide) groups is 1. The van der Waals surface area contributed by atoms with Crippen molar-refractivity contribution in [3.8, 4) is 5.75 Å². The number of fused-ring (bicyclic) bond motifs is 1. The zero-order valence-electron chi connectivity index (χ0n) is 16.7. The van der Waals surface area contributed by atoms with Gasteiger partial charge in [0.15, 0.2) is 5.16 Å². The monoisotopic (exact) mass is 417 g/mol. The van der Waals surface area contributed by atoms with Crippen molar-refractivity contribution in [2.75, 3.05) is 12.9 Å². The minimum Gasteiger partial charge on any atom is -0.497 e. The molecule has 1 N–H and O–H groups in total. The van der Waals surface area contributed by atoms with Gasteiger partial charge in [0.1, 0.15) is 5.75 Å². The zero-order valence-corrected chi connectivity index (χ0v) is 17.6. The van der Waals surface area contributed by atoms with E-state index in [-0.39, 0.29) is 5.91 Å². The molecule has 0 aliphatic carbocycles. The summed E-state index contributed by atoms with van der Waals surface area (Å²) < 4.78 is 7.33. The number of nitrogens with one attached hydrogen (secondary N) is 1. The molecule has 0 aliphatic heterocycles. The first-order valence-electron chi connectivity index (χ1n) is 9.74. The quantitative estimate of drug-likeness (QED) is 0.429. The first kappa shape index (κ1) is 20.0. The number of hydrogen-bond donors (Lipinski definition) is 1. The van der Waals surface area contributed by atoms with Crippen LogP contribution in [0.5, 0.6) is 5.75 Å². The average Bonchev–Trinajstić information content (AvgIpc) is 3.14. The summed E-state index contributed by atoms with van der Waals surface area (Å²) in [7, 11) is 1.64. The molecule has 0 spiro atoms. The molecule has 0 bridgehead atoms. The van der Waals surface area contributed by atoms with Gasteiger partial charge >= 0.3 is 0 Å². The fourth-order valence-corrected chi connectivity index (χ4v) is 4.05. The molecule has 4 rings (SSSR count). The van der Waals surface area contributed by atoms with Gasteiger partial charge in [-0.1, -0.05) is 66.4 Å². The minimum absolute atomic E-state index is 0.0193. The molecular weight excluding hydrogens is 394 g/mol. The number of ether oxygens (including phenoxy) is 1. The second-order valence-corrected chi connectivity index (χ2v) is 7.81. The second-order valence-electron chi connectivity index (χ2n) is 6.87. The molecule has 152 valence electrons. The number of nitrogens with zero attached hydrogens (tertiary/aromatic N) is 2. The fraction of sp³-hybridized carbons (Fsp3) is 0.167. The summed E-state index contributed by atoms with van der Waals surface area (Å²) in [4.78, 5) is 17.2. The van der Waals surface area contributed by atoms with Crippen molar-refractivity contribution in [3.63, 3.8) is 0 Å². The minimum atomic E-state index is -0.0193. The van der Waals surface area contributed by atoms with Gasteiger partial charge in [-0.05, 0) is 35.4 Å². The smallest absolute Gasteiger partial charge is 0.230 e. The van der Waals surface area contributed by atoms with E-state index in [4.69, 9.17) is 9.72 Å². The van der Waals surface area contributed by atoms with Gasteiger partial charge in [-0.25, -0.2) is 4.98 Å². The summed E-state index contributed by atoms with van der Waals surface area (Å²) in [5, 5.41) is 3.82. The van der Waals surface area contributed by atoms with Crippen molar-refractivity contribution in [1.29, 1.82) is 0 Å². The van der Waals surface area contributed by atoms with E-state index >= 15 is 0 Å². The Labute approximate surface area is 180 Å². The molecule has 0 saturated heterocycles. The standard InChI is InChI=1S/C24H23N3O2S/c1-29-20-13-11-18(12-14-20)15-25-23(28)17-30-24-26-21-9-5-6-10-22(21)27(24)16-19-7-3-2-4-8-19/h2-14H,15-17H2,1H3,(H,25,28). The largest absolute Gasteiger partial charge is 0.497 e. The lowest BCUT2D eigenvalue weighted by molar-refractivity contribution is -0.118. The third-order valence-electron chi connectivity index (χ3n) is 4.78. The van der Waals surface area contributed by atoms with Gasteiger partial charge in [0, 0.05) is 6.54 Å². The summed E-state index contributed by atoms with van der Waals surface area (Å²) in [6.45, 7) is 1.21. The molecule has 0 aliphatic rings. The molecule has 6 heteroatoms. The molecule has 1 amide bonds. The zero-order chi connectivity index (χ0) is 20.8. The number of rotatable bonds is 8. The first-order valence-corrected chi connectivity index (χ1v) is 10.7. The van der Waals surface area contributed by atoms with Gasteiger partial charge < -0.3 is 14.6 Å². The topological polar surface area (TPSA) is 56.1 Å². The van der Waals surface area contributed by atoms with E-state index in [0.717, 1.165) is 34.0 Å². The summed E-state index contributed by atoms with van der Waals surface area (Å²) >= 11 is 1.46. The highest BCUT2D eigenvalue weighted by Gasteiger charge is 2.13. The number of para-hydroxylation sites is 2. The Hall–Kier alpha value is -3.25. The van der Waals surface area contributed by atoms with E-state index in [1.165, 1.54) is 17.3 Å². The Morgan fingerprint density at radius 3 is 2.47 bits per heavy atom. The molecule has 0 radical (unpaired) electrons. The van der Waals surface area contributed by atoms with Crippen LogP contribution in [0.25, 0.3) is 11.0 Å². The van der Waals surface area contributed by atoms with Crippen LogP contribution in [-0.4, -0.2) is 28.3 Å². The molecule has 0 saturated carbocycles. The van der Waals surface area contributed by atoms with Gasteiger partial charge in [0.25, 0.3) is 0 Å². The SMILES string of the molecule is COc1ccc(CNC(=O)CSc2nc3ccccc3n2Cc2ccccc2)cc1. The molecule has 3 aromatic carbocycles. The molecule has 0 fully saturated rings. The summed E-state index contributed by atoms with van der Waals surface area (Å²) in [5.41, 5.74) is 4.24. The average molecular weight is 418 g/mol. The van der Waals surface area contributed by atoms with Crippen LogP contribution >= 0.6 is 11.8 Å². The van der Waals surface area contributed by atoms with Crippen molar-refractivity contribution >= 4 is 28.7 Å². The molecule has 30 heavy (non-hydrogen) atoms. The maximum Gasteiger partial charge on any atom is 0.230 e. The first-order chi connectivity index (χ1) is 14.7. The summed E-state index contributed by atoms with van der Waals surface area (Å²) in [6, 6.07) is 26.0. The van der Waals surface area contributed by atoms with Crippen LogP contribution in [-0.2, 0) is 17.9 Å². The van der Waals surface area contributed by atoms with Crippen molar-refractivity contribution in [2.45, 2.75) is 18.2 Å². The van der Waals surface area contributed by atoms with E-state index < -0.39 is 0 Å². The van der Waals surface area contributed by atoms with Crippen LogP contribution in [0.3, 0.4) is 0 Å². The van der Waals surface area contributed by atoms with E-state index in [1.807, 2.05) is 60.7 Å². The predicted octanol–water partition coefficient (Wildman–Crippen LogP) is 4.50. The van der Waals surface area contributed by atoms with Crippen molar-refractivity contribution < 1.29 is 9.53 Å². The highest BCUT2D eigenvalue weighted by molar-refractivity contribution is 7.99. The highest BCUT2D eigenvalue weighted by atomic mass is 32.2. The van der Waals surface area contributed by atoms with Gasteiger partial charge in [-0.15, -0.1) is 0 Å². The normalized spacial score (nSPS) is 10.8. The van der Waals surface area contributed by atoms with Crippen molar-refractivity contribution in [3.05, 3.63) is 90.0 Å². The Balaban J connectivity index is 1.42. The van der Waals surface area contributed by atoms with Gasteiger partial charge in [0.2, 0.25) is 5.91 Å². The number of aromatic nitrogens is 2. The predicted molar refractivity (Wildman–Crippen MR) is 121 cm³/mol. The number of benzene rings is 3. The number of carbonyl (C=O) groups excluding carboxylic acids is 1. The number of carbonyl (C=O) groups is 1. The molecule has 1 heterocycles. The van der Waals surface area contributed by atoms with Crippen LogP contribution in [0, 0.1) is 0 Å². The van der Waals surface area contributed by atoms with E-state index in [0.29, 0.717) is 12.3 Å². The number of methoxy groups -OCH3 is 1. The maximum absolute atomic E-state index is 12.4.